The van der Waals surface area contributed by atoms with E-state index in [1.54, 1.807) is 12.1 Å². The maximum Gasteiger partial charge on any atom is 0.127 e. The molecule has 0 bridgehead atoms. The molecule has 2 unspecified atom stereocenters. The van der Waals surface area contributed by atoms with Crippen LogP contribution >= 0.6 is 0 Å². The fraction of sp³-hybridized carbons (Fsp3) is 0.600. The molecule has 1 saturated heterocycles. The van der Waals surface area contributed by atoms with Gasteiger partial charge in [-0.25, -0.2) is 4.39 Å². The minimum atomic E-state index is -0.0834. The fourth-order valence-electron chi connectivity index (χ4n) is 2.91. The second kappa shape index (κ2) is 6.30. The number of likely N-dealkylation sites (N-methyl/N-ethyl adjacent to an activating group) is 1. The molecule has 0 saturated carbocycles. The molecular weight excluding hydrogens is 227 g/mol. The average Bonchev–Trinajstić information content (AvgIpc) is 2.42. The van der Waals surface area contributed by atoms with Gasteiger partial charge in [-0.1, -0.05) is 25.1 Å². The van der Waals surface area contributed by atoms with Gasteiger partial charge in [0.2, 0.25) is 0 Å². The lowest BCUT2D eigenvalue weighted by atomic mass is 9.98. The van der Waals surface area contributed by atoms with E-state index >= 15 is 0 Å². The summed E-state index contributed by atoms with van der Waals surface area (Å²) in [7, 11) is 2.12. The van der Waals surface area contributed by atoms with Crippen molar-refractivity contribution in [2.45, 2.75) is 38.3 Å². The Labute approximate surface area is 109 Å². The molecule has 2 atom stereocenters. The predicted octanol–water partition coefficient (Wildman–Crippen LogP) is 2.96. The van der Waals surface area contributed by atoms with Crippen molar-refractivity contribution in [3.8, 4) is 0 Å². The number of rotatable bonds is 4. The lowest BCUT2D eigenvalue weighted by Gasteiger charge is -2.37. The van der Waals surface area contributed by atoms with Crippen LogP contribution in [0, 0.1) is 5.82 Å². The summed E-state index contributed by atoms with van der Waals surface area (Å²) >= 11 is 0. The predicted molar refractivity (Wildman–Crippen MR) is 73.1 cm³/mol. The molecular formula is C15H23FN2. The van der Waals surface area contributed by atoms with Gasteiger partial charge in [0.15, 0.2) is 0 Å². The number of nitrogens with zero attached hydrogens (tertiary/aromatic N) is 1. The molecule has 0 aromatic heterocycles. The molecule has 1 heterocycles. The Morgan fingerprint density at radius 1 is 1.44 bits per heavy atom. The summed E-state index contributed by atoms with van der Waals surface area (Å²) in [4.78, 5) is 2.34. The minimum absolute atomic E-state index is 0.0834. The average molecular weight is 250 g/mol. The Bertz CT molecular complexity index is 375. The van der Waals surface area contributed by atoms with Crippen LogP contribution in [0.15, 0.2) is 24.3 Å². The van der Waals surface area contributed by atoms with E-state index in [1.165, 1.54) is 12.8 Å². The van der Waals surface area contributed by atoms with E-state index in [-0.39, 0.29) is 11.9 Å². The van der Waals surface area contributed by atoms with Gasteiger partial charge < -0.3 is 5.32 Å². The standard InChI is InChI=1S/C15H23FN2/c1-3-15(13-8-4-5-9-14(13)16)18(2)12-7-6-10-17-11-12/h4-5,8-9,12,15,17H,3,6-7,10-11H2,1-2H3. The van der Waals surface area contributed by atoms with E-state index in [1.807, 2.05) is 12.1 Å². The summed E-state index contributed by atoms with van der Waals surface area (Å²) in [6.45, 7) is 4.26. The van der Waals surface area contributed by atoms with Crippen LogP contribution in [0.25, 0.3) is 0 Å². The van der Waals surface area contributed by atoms with E-state index in [0.717, 1.165) is 25.1 Å². The number of nitrogens with one attached hydrogen (secondary N) is 1. The van der Waals surface area contributed by atoms with Crippen LogP contribution in [0.3, 0.4) is 0 Å². The lowest BCUT2D eigenvalue weighted by molar-refractivity contribution is 0.140. The highest BCUT2D eigenvalue weighted by molar-refractivity contribution is 5.21. The Morgan fingerprint density at radius 2 is 2.22 bits per heavy atom. The molecule has 1 fully saturated rings. The van der Waals surface area contributed by atoms with Gasteiger partial charge in [-0.2, -0.15) is 0 Å². The largest absolute Gasteiger partial charge is 0.315 e. The van der Waals surface area contributed by atoms with Crippen molar-refractivity contribution in [3.05, 3.63) is 35.6 Å². The monoisotopic (exact) mass is 250 g/mol. The molecule has 0 radical (unpaired) electrons. The summed E-state index contributed by atoms with van der Waals surface area (Å²) in [5, 5.41) is 3.43. The second-order valence-electron chi connectivity index (χ2n) is 5.11. The first-order chi connectivity index (χ1) is 8.74. The van der Waals surface area contributed by atoms with Crippen LogP contribution in [-0.4, -0.2) is 31.1 Å². The normalized spacial score (nSPS) is 22.1. The van der Waals surface area contributed by atoms with Gasteiger partial charge in [0.05, 0.1) is 0 Å². The zero-order chi connectivity index (χ0) is 13.0. The van der Waals surface area contributed by atoms with Gasteiger partial charge in [-0.3, -0.25) is 4.90 Å². The van der Waals surface area contributed by atoms with Crippen molar-refractivity contribution in [2.24, 2.45) is 0 Å². The summed E-state index contributed by atoms with van der Waals surface area (Å²) in [5.74, 6) is -0.0834. The number of benzene rings is 1. The second-order valence-corrected chi connectivity index (χ2v) is 5.11. The first-order valence-corrected chi connectivity index (χ1v) is 6.91. The van der Waals surface area contributed by atoms with Crippen molar-refractivity contribution in [3.63, 3.8) is 0 Å². The lowest BCUT2D eigenvalue weighted by Crippen LogP contribution is -2.45. The van der Waals surface area contributed by atoms with Crippen LogP contribution in [0.1, 0.15) is 37.8 Å². The van der Waals surface area contributed by atoms with E-state index in [0.29, 0.717) is 6.04 Å². The third-order valence-corrected chi connectivity index (χ3v) is 3.99. The summed E-state index contributed by atoms with van der Waals surface area (Å²) in [6, 6.07) is 7.85. The Morgan fingerprint density at radius 3 is 2.83 bits per heavy atom. The Kier molecular flexibility index (Phi) is 4.72. The molecule has 2 nitrogen and oxygen atoms in total. The van der Waals surface area contributed by atoms with Crippen molar-refractivity contribution in [1.82, 2.24) is 10.2 Å². The highest BCUT2D eigenvalue weighted by Gasteiger charge is 2.25. The molecule has 1 aromatic carbocycles. The topological polar surface area (TPSA) is 15.3 Å². The molecule has 0 spiro atoms. The number of hydrogen-bond acceptors (Lipinski definition) is 2. The molecule has 3 heteroatoms. The van der Waals surface area contributed by atoms with Crippen molar-refractivity contribution < 1.29 is 4.39 Å². The molecule has 1 aromatic rings. The fourth-order valence-corrected chi connectivity index (χ4v) is 2.91. The third kappa shape index (κ3) is 2.90. The van der Waals surface area contributed by atoms with E-state index in [9.17, 15) is 4.39 Å². The molecule has 0 amide bonds. The maximum absolute atomic E-state index is 13.9. The smallest absolute Gasteiger partial charge is 0.127 e. The highest BCUT2D eigenvalue weighted by atomic mass is 19.1. The first kappa shape index (κ1) is 13.5. The Hall–Kier alpha value is -0.930. The number of piperidine rings is 1. The number of hydrogen-bond donors (Lipinski definition) is 1. The van der Waals surface area contributed by atoms with Gasteiger partial charge >= 0.3 is 0 Å². The molecule has 100 valence electrons. The Balaban J connectivity index is 2.14. The zero-order valence-corrected chi connectivity index (χ0v) is 11.3. The SMILES string of the molecule is CCC(c1ccccc1F)N(C)C1CCCNC1. The van der Waals surface area contributed by atoms with E-state index in [2.05, 4.69) is 24.2 Å². The van der Waals surface area contributed by atoms with Crippen LogP contribution in [0.5, 0.6) is 0 Å². The van der Waals surface area contributed by atoms with Gasteiger partial charge in [-0.15, -0.1) is 0 Å². The summed E-state index contributed by atoms with van der Waals surface area (Å²) in [5.41, 5.74) is 0.827. The van der Waals surface area contributed by atoms with Crippen molar-refractivity contribution in [2.75, 3.05) is 20.1 Å². The van der Waals surface area contributed by atoms with Crippen LogP contribution < -0.4 is 5.32 Å². The third-order valence-electron chi connectivity index (χ3n) is 3.99. The van der Waals surface area contributed by atoms with Gasteiger partial charge in [0.25, 0.3) is 0 Å². The van der Waals surface area contributed by atoms with Crippen LogP contribution in [-0.2, 0) is 0 Å². The van der Waals surface area contributed by atoms with Gasteiger partial charge in [0, 0.05) is 24.2 Å². The van der Waals surface area contributed by atoms with Crippen LogP contribution in [0.4, 0.5) is 4.39 Å². The molecule has 1 aliphatic rings. The molecule has 1 aliphatic heterocycles. The van der Waals surface area contributed by atoms with Crippen molar-refractivity contribution >= 4 is 0 Å². The minimum Gasteiger partial charge on any atom is -0.315 e. The number of halogens is 1. The maximum atomic E-state index is 13.9. The molecule has 1 N–H and O–H groups in total. The van der Waals surface area contributed by atoms with E-state index in [4.69, 9.17) is 0 Å². The molecule has 18 heavy (non-hydrogen) atoms. The van der Waals surface area contributed by atoms with Crippen LogP contribution in [0.2, 0.25) is 0 Å². The molecule has 0 aliphatic carbocycles. The van der Waals surface area contributed by atoms with Crippen molar-refractivity contribution in [1.29, 1.82) is 0 Å². The van der Waals surface area contributed by atoms with Gasteiger partial charge in [0.1, 0.15) is 5.82 Å². The quantitative estimate of drug-likeness (QED) is 0.884. The molecule has 2 rings (SSSR count). The highest BCUT2D eigenvalue weighted by Crippen LogP contribution is 2.28. The van der Waals surface area contributed by atoms with Gasteiger partial charge in [-0.05, 0) is 38.9 Å². The zero-order valence-electron chi connectivity index (χ0n) is 11.3. The van der Waals surface area contributed by atoms with E-state index < -0.39 is 0 Å². The summed E-state index contributed by atoms with van der Waals surface area (Å²) in [6.07, 6.45) is 3.35. The first-order valence-electron chi connectivity index (χ1n) is 6.91. The summed E-state index contributed by atoms with van der Waals surface area (Å²) < 4.78 is 13.9.